The molecule has 1 unspecified atom stereocenters. The smallest absolute Gasteiger partial charge is 0.373 e. The number of halogens is 3. The molecule has 0 aromatic carbocycles. The van der Waals surface area contributed by atoms with E-state index in [-0.39, 0.29) is 23.4 Å². The standard InChI is InChI=1S/C20H21F3N6O/c1-13-9-14(2)29(27-13)12-15-11-28(7-8-30-15)18-10-17(20(21,22)23)25-19(26-18)16-5-3-4-6-24-16/h3-6,9-10,15H,7-8,11-12H2,1-2H3. The average molecular weight is 418 g/mol. The van der Waals surface area contributed by atoms with Gasteiger partial charge in [-0.15, -0.1) is 0 Å². The van der Waals surface area contributed by atoms with Crippen molar-refractivity contribution in [1.82, 2.24) is 24.7 Å². The monoisotopic (exact) mass is 418 g/mol. The summed E-state index contributed by atoms with van der Waals surface area (Å²) in [6.07, 6.45) is -3.31. The van der Waals surface area contributed by atoms with E-state index < -0.39 is 11.9 Å². The van der Waals surface area contributed by atoms with Crippen LogP contribution in [0.2, 0.25) is 0 Å². The van der Waals surface area contributed by atoms with Crippen LogP contribution in [0, 0.1) is 13.8 Å². The zero-order valence-electron chi connectivity index (χ0n) is 16.6. The summed E-state index contributed by atoms with van der Waals surface area (Å²) in [7, 11) is 0. The van der Waals surface area contributed by atoms with Gasteiger partial charge in [-0.2, -0.15) is 18.3 Å². The molecular weight excluding hydrogens is 397 g/mol. The van der Waals surface area contributed by atoms with Gasteiger partial charge in [0, 0.05) is 31.0 Å². The van der Waals surface area contributed by atoms with Crippen molar-refractivity contribution in [2.24, 2.45) is 0 Å². The minimum atomic E-state index is -4.59. The van der Waals surface area contributed by atoms with Crippen LogP contribution in [0.5, 0.6) is 0 Å². The normalized spacial score (nSPS) is 17.4. The maximum atomic E-state index is 13.5. The number of anilines is 1. The first-order valence-electron chi connectivity index (χ1n) is 9.55. The number of aryl methyl sites for hydroxylation is 2. The van der Waals surface area contributed by atoms with Crippen LogP contribution in [-0.4, -0.2) is 50.5 Å². The van der Waals surface area contributed by atoms with Crippen LogP contribution in [0.3, 0.4) is 0 Å². The molecule has 4 heterocycles. The van der Waals surface area contributed by atoms with Crippen molar-refractivity contribution < 1.29 is 17.9 Å². The van der Waals surface area contributed by atoms with Crippen LogP contribution in [0.25, 0.3) is 11.5 Å². The molecule has 1 aliphatic heterocycles. The topological polar surface area (TPSA) is 69.0 Å². The van der Waals surface area contributed by atoms with Gasteiger partial charge in [-0.1, -0.05) is 6.07 Å². The van der Waals surface area contributed by atoms with E-state index in [4.69, 9.17) is 4.74 Å². The molecule has 158 valence electrons. The molecule has 1 fully saturated rings. The summed E-state index contributed by atoms with van der Waals surface area (Å²) in [5.41, 5.74) is 1.21. The number of rotatable bonds is 4. The first-order chi connectivity index (χ1) is 14.3. The Morgan fingerprint density at radius 2 is 2.00 bits per heavy atom. The third-order valence-electron chi connectivity index (χ3n) is 4.84. The number of pyridine rings is 1. The van der Waals surface area contributed by atoms with Gasteiger partial charge in [0.2, 0.25) is 0 Å². The Morgan fingerprint density at radius 1 is 1.17 bits per heavy atom. The fourth-order valence-electron chi connectivity index (χ4n) is 3.44. The number of aromatic nitrogens is 5. The van der Waals surface area contributed by atoms with Crippen molar-refractivity contribution in [3.8, 4) is 11.5 Å². The van der Waals surface area contributed by atoms with Crippen LogP contribution in [0.15, 0.2) is 36.5 Å². The molecule has 1 atom stereocenters. The van der Waals surface area contributed by atoms with E-state index in [1.165, 1.54) is 6.20 Å². The summed E-state index contributed by atoms with van der Waals surface area (Å²) >= 11 is 0. The molecule has 0 N–H and O–H groups in total. The van der Waals surface area contributed by atoms with Gasteiger partial charge >= 0.3 is 6.18 Å². The van der Waals surface area contributed by atoms with Crippen LogP contribution in [0.1, 0.15) is 17.1 Å². The van der Waals surface area contributed by atoms with Gasteiger partial charge in [0.25, 0.3) is 0 Å². The van der Waals surface area contributed by atoms with Gasteiger partial charge in [-0.3, -0.25) is 9.67 Å². The van der Waals surface area contributed by atoms with Crippen LogP contribution in [-0.2, 0) is 17.5 Å². The summed E-state index contributed by atoms with van der Waals surface area (Å²) < 4.78 is 48.1. The highest BCUT2D eigenvalue weighted by Gasteiger charge is 2.35. The average Bonchev–Trinajstić information content (AvgIpc) is 3.04. The zero-order chi connectivity index (χ0) is 21.3. The summed E-state index contributed by atoms with van der Waals surface area (Å²) in [4.78, 5) is 14.0. The molecule has 3 aromatic heterocycles. The van der Waals surface area contributed by atoms with Gasteiger partial charge in [0.05, 0.1) is 24.9 Å². The maximum Gasteiger partial charge on any atom is 0.433 e. The molecular formula is C20H21F3N6O. The molecule has 1 saturated heterocycles. The van der Waals surface area contributed by atoms with Crippen molar-refractivity contribution >= 4 is 5.82 Å². The van der Waals surface area contributed by atoms with E-state index in [9.17, 15) is 13.2 Å². The third kappa shape index (κ3) is 4.43. The lowest BCUT2D eigenvalue weighted by Crippen LogP contribution is -2.45. The van der Waals surface area contributed by atoms with E-state index in [0.29, 0.717) is 26.2 Å². The van der Waals surface area contributed by atoms with Crippen molar-refractivity contribution in [2.45, 2.75) is 32.7 Å². The third-order valence-corrected chi connectivity index (χ3v) is 4.84. The van der Waals surface area contributed by atoms with Crippen molar-refractivity contribution in [3.63, 3.8) is 0 Å². The number of alkyl halides is 3. The fraction of sp³-hybridized carbons (Fsp3) is 0.400. The summed E-state index contributed by atoms with van der Waals surface area (Å²) in [6.45, 7) is 5.60. The van der Waals surface area contributed by atoms with Gasteiger partial charge in [0.1, 0.15) is 11.5 Å². The van der Waals surface area contributed by atoms with Crippen LogP contribution in [0.4, 0.5) is 19.0 Å². The highest BCUT2D eigenvalue weighted by molar-refractivity contribution is 5.54. The first-order valence-corrected chi connectivity index (χ1v) is 9.55. The Balaban J connectivity index is 1.62. The zero-order valence-corrected chi connectivity index (χ0v) is 16.6. The molecule has 0 spiro atoms. The second-order valence-corrected chi connectivity index (χ2v) is 7.20. The minimum absolute atomic E-state index is 0.0537. The summed E-state index contributed by atoms with van der Waals surface area (Å²) in [5.74, 6) is 0.154. The fourth-order valence-corrected chi connectivity index (χ4v) is 3.44. The molecule has 30 heavy (non-hydrogen) atoms. The Hall–Kier alpha value is -3.01. The van der Waals surface area contributed by atoms with Crippen molar-refractivity contribution in [1.29, 1.82) is 0 Å². The summed E-state index contributed by atoms with van der Waals surface area (Å²) in [5, 5.41) is 4.44. The van der Waals surface area contributed by atoms with Gasteiger partial charge in [0.15, 0.2) is 11.5 Å². The minimum Gasteiger partial charge on any atom is -0.373 e. The van der Waals surface area contributed by atoms with Crippen molar-refractivity contribution in [3.05, 3.63) is 53.6 Å². The molecule has 0 aliphatic carbocycles. The molecule has 0 amide bonds. The first kappa shape index (κ1) is 20.3. The lowest BCUT2D eigenvalue weighted by atomic mass is 10.2. The SMILES string of the molecule is Cc1cc(C)n(CC2CN(c3cc(C(F)(F)F)nc(-c4ccccn4)n3)CCO2)n1. The number of morpholine rings is 1. The van der Waals surface area contributed by atoms with E-state index in [2.05, 4.69) is 20.1 Å². The van der Waals surface area contributed by atoms with E-state index in [0.717, 1.165) is 17.5 Å². The lowest BCUT2D eigenvalue weighted by molar-refractivity contribution is -0.141. The quantitative estimate of drug-likeness (QED) is 0.648. The molecule has 0 radical (unpaired) electrons. The predicted octanol–water partition coefficient (Wildman–Crippen LogP) is 3.28. The van der Waals surface area contributed by atoms with Crippen molar-refractivity contribution in [2.75, 3.05) is 24.6 Å². The molecule has 4 rings (SSSR count). The van der Waals surface area contributed by atoms with E-state index in [1.807, 2.05) is 24.6 Å². The van der Waals surface area contributed by atoms with E-state index >= 15 is 0 Å². The van der Waals surface area contributed by atoms with Crippen LogP contribution < -0.4 is 4.90 Å². The molecule has 1 aliphatic rings. The van der Waals surface area contributed by atoms with Gasteiger partial charge in [-0.05, 0) is 32.0 Å². The van der Waals surface area contributed by atoms with E-state index in [1.54, 1.807) is 23.1 Å². The number of hydrogen-bond donors (Lipinski definition) is 0. The molecule has 10 heteroatoms. The van der Waals surface area contributed by atoms with Crippen LogP contribution >= 0.6 is 0 Å². The molecule has 0 saturated carbocycles. The molecule has 3 aromatic rings. The highest BCUT2D eigenvalue weighted by Crippen LogP contribution is 2.31. The summed E-state index contributed by atoms with van der Waals surface area (Å²) in [6, 6.07) is 7.91. The Bertz CT molecular complexity index is 1020. The highest BCUT2D eigenvalue weighted by atomic mass is 19.4. The Labute approximate surface area is 171 Å². The Morgan fingerprint density at radius 3 is 2.67 bits per heavy atom. The largest absolute Gasteiger partial charge is 0.433 e. The lowest BCUT2D eigenvalue weighted by Gasteiger charge is -2.34. The molecule has 0 bridgehead atoms. The number of nitrogens with zero attached hydrogens (tertiary/aromatic N) is 6. The predicted molar refractivity (Wildman–Crippen MR) is 104 cm³/mol. The second-order valence-electron chi connectivity index (χ2n) is 7.20. The number of hydrogen-bond acceptors (Lipinski definition) is 6. The van der Waals surface area contributed by atoms with Gasteiger partial charge < -0.3 is 9.64 Å². The van der Waals surface area contributed by atoms with Gasteiger partial charge in [-0.25, -0.2) is 9.97 Å². The maximum absolute atomic E-state index is 13.5. The molecule has 7 nitrogen and oxygen atoms in total. The Kier molecular flexibility index (Phi) is 5.42. The number of ether oxygens (including phenoxy) is 1. The second kappa shape index (κ2) is 8.02.